The lowest BCUT2D eigenvalue weighted by molar-refractivity contribution is -0.112. The van der Waals surface area contributed by atoms with E-state index in [-0.39, 0.29) is 16.9 Å². The van der Waals surface area contributed by atoms with Gasteiger partial charge in [-0.1, -0.05) is 57.2 Å². The molecule has 1 aromatic carbocycles. The van der Waals surface area contributed by atoms with Crippen molar-refractivity contribution in [2.45, 2.75) is 64.8 Å². The minimum absolute atomic E-state index is 0.0690. The molecule has 2 nitrogen and oxygen atoms in total. The first-order valence-electron chi connectivity index (χ1n) is 8.76. The van der Waals surface area contributed by atoms with Crippen LogP contribution in [-0.4, -0.2) is 14.1 Å². The lowest BCUT2D eigenvalue weighted by Crippen LogP contribution is -2.42. The van der Waals surface area contributed by atoms with Crippen molar-refractivity contribution in [3.05, 3.63) is 59.2 Å². The number of rotatable bonds is 4. The van der Waals surface area contributed by atoms with E-state index in [9.17, 15) is 4.79 Å². The average Bonchev–Trinajstić information content (AvgIpc) is 2.64. The van der Waals surface area contributed by atoms with E-state index in [1.54, 1.807) is 13.0 Å². The molecule has 24 heavy (non-hydrogen) atoms. The highest BCUT2D eigenvalue weighted by Crippen LogP contribution is 2.43. The second-order valence-corrected chi connectivity index (χ2v) is 12.9. The molecule has 0 N–H and O–H groups in total. The molecule has 130 valence electrons. The summed E-state index contributed by atoms with van der Waals surface area (Å²) in [5.74, 6) is 0.0690. The predicted octanol–water partition coefficient (Wildman–Crippen LogP) is 5.77. The number of allylic oxidation sites excluding steroid dienone is 2. The van der Waals surface area contributed by atoms with Crippen molar-refractivity contribution in [3.63, 3.8) is 0 Å². The van der Waals surface area contributed by atoms with Gasteiger partial charge in [-0.2, -0.15) is 0 Å². The van der Waals surface area contributed by atoms with E-state index in [2.05, 4.69) is 64.2 Å². The van der Waals surface area contributed by atoms with Crippen molar-refractivity contribution in [1.29, 1.82) is 0 Å². The molecule has 1 aliphatic carbocycles. The Morgan fingerprint density at radius 3 is 2.54 bits per heavy atom. The summed E-state index contributed by atoms with van der Waals surface area (Å²) in [6.45, 7) is 12.9. The van der Waals surface area contributed by atoms with Crippen LogP contribution in [0, 0.1) is 0 Å². The molecule has 0 fully saturated rings. The molecule has 0 aliphatic heterocycles. The van der Waals surface area contributed by atoms with Gasteiger partial charge in [0.2, 0.25) is 0 Å². The Labute approximate surface area is 147 Å². The van der Waals surface area contributed by atoms with Gasteiger partial charge in [0.05, 0.1) is 6.10 Å². The van der Waals surface area contributed by atoms with Gasteiger partial charge < -0.3 is 4.43 Å². The third kappa shape index (κ3) is 4.34. The molecule has 0 aromatic heterocycles. The van der Waals surface area contributed by atoms with Gasteiger partial charge in [0, 0.05) is 0 Å². The second kappa shape index (κ2) is 7.20. The van der Waals surface area contributed by atoms with Crippen LogP contribution in [0.25, 0.3) is 0 Å². The Balaban J connectivity index is 2.47. The van der Waals surface area contributed by atoms with Crippen molar-refractivity contribution < 1.29 is 9.22 Å². The molecule has 1 unspecified atom stereocenters. The first kappa shape index (κ1) is 18.9. The number of hydrogen-bond acceptors (Lipinski definition) is 2. The quantitative estimate of drug-likeness (QED) is 0.513. The van der Waals surface area contributed by atoms with Gasteiger partial charge in [0.15, 0.2) is 14.1 Å². The lowest BCUT2D eigenvalue weighted by Gasteiger charge is -2.40. The van der Waals surface area contributed by atoms with Crippen LogP contribution in [0.1, 0.15) is 51.3 Å². The van der Waals surface area contributed by atoms with Gasteiger partial charge in [-0.25, -0.2) is 0 Å². The first-order chi connectivity index (χ1) is 11.1. The molecule has 0 spiro atoms. The summed E-state index contributed by atoms with van der Waals surface area (Å²) >= 11 is 0. The van der Waals surface area contributed by atoms with Gasteiger partial charge in [-0.3, -0.25) is 4.79 Å². The molecule has 3 heteroatoms. The Morgan fingerprint density at radius 1 is 1.25 bits per heavy atom. The van der Waals surface area contributed by atoms with Crippen LogP contribution >= 0.6 is 0 Å². The van der Waals surface area contributed by atoms with E-state index in [1.807, 2.05) is 6.08 Å². The monoisotopic (exact) mass is 342 g/mol. The van der Waals surface area contributed by atoms with Crippen molar-refractivity contribution >= 4 is 14.1 Å². The number of benzene rings is 1. The minimum atomic E-state index is -1.94. The Bertz CT molecular complexity index is 663. The summed E-state index contributed by atoms with van der Waals surface area (Å²) in [6.07, 6.45) is 7.75. The van der Waals surface area contributed by atoms with Crippen molar-refractivity contribution in [3.8, 4) is 0 Å². The molecule has 1 aliphatic rings. The van der Waals surface area contributed by atoms with Crippen molar-refractivity contribution in [2.24, 2.45) is 0 Å². The molecule has 0 saturated carbocycles. The van der Waals surface area contributed by atoms with Crippen LogP contribution in [0.5, 0.6) is 0 Å². The van der Waals surface area contributed by atoms with E-state index in [0.29, 0.717) is 0 Å². The van der Waals surface area contributed by atoms with E-state index < -0.39 is 8.32 Å². The van der Waals surface area contributed by atoms with E-state index in [0.717, 1.165) is 18.4 Å². The fraction of sp³-hybridized carbons (Fsp3) is 0.476. The fourth-order valence-electron chi connectivity index (χ4n) is 2.67. The maximum absolute atomic E-state index is 11.4. The molecule has 0 radical (unpaired) electrons. The van der Waals surface area contributed by atoms with Gasteiger partial charge in [0.25, 0.3) is 0 Å². The molecule has 0 heterocycles. The molecular weight excluding hydrogens is 312 g/mol. The Hall–Kier alpha value is -1.45. The molecular formula is C21H30O2Si. The molecule has 0 amide bonds. The summed E-state index contributed by atoms with van der Waals surface area (Å²) < 4.78 is 6.80. The zero-order chi connectivity index (χ0) is 18.0. The zero-order valence-corrected chi connectivity index (χ0v) is 16.8. The minimum Gasteiger partial charge on any atom is -0.406 e. The highest BCUT2D eigenvalue weighted by atomic mass is 28.4. The summed E-state index contributed by atoms with van der Waals surface area (Å²) in [4.78, 5) is 11.4. The second-order valence-electron chi connectivity index (χ2n) is 8.14. The average molecular weight is 343 g/mol. The number of hydrogen-bond donors (Lipinski definition) is 0. The van der Waals surface area contributed by atoms with E-state index in [1.165, 1.54) is 11.1 Å². The highest BCUT2D eigenvalue weighted by Gasteiger charge is 2.40. The number of ketones is 1. The molecule has 0 bridgehead atoms. The predicted molar refractivity (Wildman–Crippen MR) is 104 cm³/mol. The summed E-state index contributed by atoms with van der Waals surface area (Å²) in [7, 11) is -1.94. The SMILES string of the molecule is CC(=O)/C=C/C1=CCCc2ccccc2C1O[Si](C)(C)C(C)(C)C. The maximum Gasteiger partial charge on any atom is 0.193 e. The third-order valence-corrected chi connectivity index (χ3v) is 9.60. The Kier molecular flexibility index (Phi) is 5.66. The summed E-state index contributed by atoms with van der Waals surface area (Å²) in [6, 6.07) is 8.55. The molecule has 2 rings (SSSR count). The van der Waals surface area contributed by atoms with Gasteiger partial charge in [0.1, 0.15) is 0 Å². The standard InChI is InChI=1S/C21H30O2Si/c1-16(22)14-15-18-12-9-11-17-10-7-8-13-19(17)20(18)23-24(5,6)21(2,3)4/h7-8,10,12-15,20H,9,11H2,1-6H3/b15-14+. The summed E-state index contributed by atoms with van der Waals surface area (Å²) in [5, 5.41) is 0.143. The number of carbonyl (C=O) groups excluding carboxylic acids is 1. The van der Waals surface area contributed by atoms with Crippen LogP contribution in [0.3, 0.4) is 0 Å². The number of aryl methyl sites for hydroxylation is 1. The van der Waals surface area contributed by atoms with Crippen LogP contribution in [0.15, 0.2) is 48.1 Å². The van der Waals surface area contributed by atoms with Crippen molar-refractivity contribution in [2.75, 3.05) is 0 Å². The first-order valence-corrected chi connectivity index (χ1v) is 11.7. The molecule has 1 atom stereocenters. The van der Waals surface area contributed by atoms with Crippen molar-refractivity contribution in [1.82, 2.24) is 0 Å². The van der Waals surface area contributed by atoms with Gasteiger partial charge in [-0.15, -0.1) is 0 Å². The smallest absolute Gasteiger partial charge is 0.193 e. The van der Waals surface area contributed by atoms with E-state index >= 15 is 0 Å². The topological polar surface area (TPSA) is 26.3 Å². The summed E-state index contributed by atoms with van der Waals surface area (Å²) in [5.41, 5.74) is 3.71. The molecule has 0 saturated heterocycles. The van der Waals surface area contributed by atoms with Crippen LogP contribution in [0.2, 0.25) is 18.1 Å². The van der Waals surface area contributed by atoms with E-state index in [4.69, 9.17) is 4.43 Å². The number of carbonyl (C=O) groups is 1. The zero-order valence-electron chi connectivity index (χ0n) is 15.8. The molecule has 1 aromatic rings. The van der Waals surface area contributed by atoms with Crippen LogP contribution in [-0.2, 0) is 15.6 Å². The number of fused-ring (bicyclic) bond motifs is 1. The van der Waals surface area contributed by atoms with Gasteiger partial charge >= 0.3 is 0 Å². The third-order valence-electron chi connectivity index (χ3n) is 5.16. The lowest BCUT2D eigenvalue weighted by atomic mass is 9.98. The normalized spacial score (nSPS) is 18.9. The Morgan fingerprint density at radius 2 is 1.92 bits per heavy atom. The fourth-order valence-corrected chi connectivity index (χ4v) is 3.88. The van der Waals surface area contributed by atoms with Gasteiger partial charge in [-0.05, 0) is 60.7 Å². The van der Waals surface area contributed by atoms with Crippen LogP contribution < -0.4 is 0 Å². The maximum atomic E-state index is 11.4. The largest absolute Gasteiger partial charge is 0.406 e. The highest BCUT2D eigenvalue weighted by molar-refractivity contribution is 6.74. The van der Waals surface area contributed by atoms with Crippen LogP contribution in [0.4, 0.5) is 0 Å².